The van der Waals surface area contributed by atoms with Crippen molar-refractivity contribution in [1.82, 2.24) is 14.9 Å². The van der Waals surface area contributed by atoms with Gasteiger partial charge in [0, 0.05) is 23.1 Å². The molecule has 2 aromatic carbocycles. The van der Waals surface area contributed by atoms with Crippen molar-refractivity contribution in [3.8, 4) is 0 Å². The molecule has 0 bridgehead atoms. The van der Waals surface area contributed by atoms with Crippen LogP contribution in [0.2, 0.25) is 0 Å². The van der Waals surface area contributed by atoms with Crippen molar-refractivity contribution in [2.75, 3.05) is 19.6 Å². The van der Waals surface area contributed by atoms with E-state index in [2.05, 4.69) is 20.9 Å². The fourth-order valence-electron chi connectivity index (χ4n) is 3.83. The summed E-state index contributed by atoms with van der Waals surface area (Å²) < 4.78 is 17.3. The van der Waals surface area contributed by atoms with Crippen LogP contribution in [0.15, 0.2) is 64.1 Å². The zero-order valence-electron chi connectivity index (χ0n) is 24.8. The maximum atomic E-state index is 13.6. The predicted molar refractivity (Wildman–Crippen MR) is 160 cm³/mol. The van der Waals surface area contributed by atoms with Crippen molar-refractivity contribution in [3.63, 3.8) is 0 Å². The van der Waals surface area contributed by atoms with E-state index in [1.165, 1.54) is 10.0 Å². The second-order valence-corrected chi connectivity index (χ2v) is 12.4. The molecule has 0 aliphatic carbocycles. The van der Waals surface area contributed by atoms with Crippen molar-refractivity contribution in [1.29, 1.82) is 0 Å². The molecule has 42 heavy (non-hydrogen) atoms. The average Bonchev–Trinajstić information content (AvgIpc) is 3.38. The number of guanidine groups is 1. The van der Waals surface area contributed by atoms with E-state index in [0.29, 0.717) is 12.0 Å². The first-order chi connectivity index (χ1) is 19.6. The van der Waals surface area contributed by atoms with Crippen LogP contribution in [0.1, 0.15) is 63.9 Å². The van der Waals surface area contributed by atoms with E-state index >= 15 is 0 Å². The zero-order valence-corrected chi connectivity index (χ0v) is 26.3. The van der Waals surface area contributed by atoms with Gasteiger partial charge in [0.25, 0.3) is 0 Å². The van der Waals surface area contributed by atoms with Gasteiger partial charge in [-0.25, -0.2) is 29.3 Å². The van der Waals surface area contributed by atoms with Gasteiger partial charge in [0.1, 0.15) is 17.8 Å². The third-order valence-corrected chi connectivity index (χ3v) is 6.11. The number of aliphatic imine (C=N–C) groups is 1. The van der Waals surface area contributed by atoms with E-state index in [9.17, 15) is 19.2 Å². The highest BCUT2D eigenvalue weighted by atomic mass is 79.9. The molecule has 1 fully saturated rings. The lowest BCUT2D eigenvalue weighted by Crippen LogP contribution is -2.55. The maximum Gasteiger partial charge on any atom is 0.437 e. The quantitative estimate of drug-likeness (QED) is 0.158. The van der Waals surface area contributed by atoms with Crippen molar-refractivity contribution >= 4 is 46.0 Å². The Balaban J connectivity index is 2.01. The Bertz CT molecular complexity index is 1300. The third kappa shape index (κ3) is 9.86. The first kappa shape index (κ1) is 32.6. The minimum atomic E-state index is -1.01. The first-order valence-electron chi connectivity index (χ1n) is 13.5. The number of benzene rings is 2. The third-order valence-electron chi connectivity index (χ3n) is 5.59. The molecule has 0 aromatic heterocycles. The summed E-state index contributed by atoms with van der Waals surface area (Å²) in [4.78, 5) is 58.2. The molecule has 0 saturated carbocycles. The number of ketones is 1. The molecule has 11 nitrogen and oxygen atoms in total. The second kappa shape index (κ2) is 13.8. The Labute approximate surface area is 254 Å². The number of hydrogen-bond acceptors (Lipinski definition) is 7. The van der Waals surface area contributed by atoms with Crippen LogP contribution in [0, 0.1) is 0 Å². The number of ether oxygens (including phenoxy) is 3. The number of hydrazine groups is 1. The molecule has 0 unspecified atom stereocenters. The summed E-state index contributed by atoms with van der Waals surface area (Å²) in [5.41, 5.74) is -0.722. The van der Waals surface area contributed by atoms with E-state index < -0.39 is 41.8 Å². The van der Waals surface area contributed by atoms with Crippen LogP contribution in [0.25, 0.3) is 0 Å². The molecule has 0 radical (unpaired) electrons. The van der Waals surface area contributed by atoms with Crippen LogP contribution < -0.4 is 0 Å². The van der Waals surface area contributed by atoms with Gasteiger partial charge in [0.05, 0.1) is 6.54 Å². The fraction of sp³-hybridized carbons (Fsp3) is 0.433. The Kier molecular flexibility index (Phi) is 10.7. The van der Waals surface area contributed by atoms with Crippen LogP contribution in [-0.4, -0.2) is 75.8 Å². The van der Waals surface area contributed by atoms with E-state index in [1.54, 1.807) is 65.8 Å². The summed E-state index contributed by atoms with van der Waals surface area (Å²) in [6, 6.07) is 15.8. The standard InChI is InChI=1S/C30H37BrN4O7/c1-29(2,3)41-26(37)32-25(34-17-10-18-35(34)28(39)40-20-21-11-8-7-9-12-21)33(27(38)42-30(4,5)6)19-24(36)22-13-15-23(31)16-14-22/h7-9,11-16H,10,17-20H2,1-6H3. The van der Waals surface area contributed by atoms with Gasteiger partial charge in [0.2, 0.25) is 5.96 Å². The van der Waals surface area contributed by atoms with Crippen molar-refractivity contribution in [2.45, 2.75) is 65.8 Å². The van der Waals surface area contributed by atoms with Crippen LogP contribution >= 0.6 is 15.9 Å². The molecule has 1 aliphatic rings. The molecule has 3 rings (SSSR count). The molecule has 1 aliphatic heterocycles. The van der Waals surface area contributed by atoms with Gasteiger partial charge in [-0.15, -0.1) is 4.99 Å². The van der Waals surface area contributed by atoms with Gasteiger partial charge in [0.15, 0.2) is 5.78 Å². The van der Waals surface area contributed by atoms with E-state index in [0.717, 1.165) is 14.9 Å². The highest BCUT2D eigenvalue weighted by molar-refractivity contribution is 9.10. The summed E-state index contributed by atoms with van der Waals surface area (Å²) in [7, 11) is 0. The lowest BCUT2D eigenvalue weighted by molar-refractivity contribution is 0.0219. The zero-order chi connectivity index (χ0) is 31.1. The molecule has 226 valence electrons. The smallest absolute Gasteiger partial charge is 0.437 e. The highest BCUT2D eigenvalue weighted by Gasteiger charge is 2.39. The van der Waals surface area contributed by atoms with Crippen molar-refractivity contribution in [3.05, 3.63) is 70.2 Å². The number of carbonyl (C=O) groups is 4. The van der Waals surface area contributed by atoms with E-state index in [4.69, 9.17) is 14.2 Å². The van der Waals surface area contributed by atoms with Crippen molar-refractivity contribution in [2.24, 2.45) is 4.99 Å². The molecule has 0 atom stereocenters. The molecular formula is C30H37BrN4O7. The fourth-order valence-corrected chi connectivity index (χ4v) is 4.10. The number of halogens is 1. The molecule has 3 amide bonds. The Morgan fingerprint density at radius 3 is 2.05 bits per heavy atom. The number of nitrogens with zero attached hydrogens (tertiary/aromatic N) is 4. The second-order valence-electron chi connectivity index (χ2n) is 11.5. The summed E-state index contributed by atoms with van der Waals surface area (Å²) in [5.74, 6) is -0.735. The van der Waals surface area contributed by atoms with E-state index in [-0.39, 0.29) is 25.7 Å². The van der Waals surface area contributed by atoms with Gasteiger partial charge in [-0.3, -0.25) is 4.79 Å². The Morgan fingerprint density at radius 1 is 0.857 bits per heavy atom. The number of amides is 3. The number of hydrogen-bond donors (Lipinski definition) is 0. The van der Waals surface area contributed by atoms with Gasteiger partial charge in [-0.05, 0) is 65.7 Å². The van der Waals surface area contributed by atoms with Gasteiger partial charge in [-0.2, -0.15) is 0 Å². The average molecular weight is 646 g/mol. The first-order valence-corrected chi connectivity index (χ1v) is 14.3. The van der Waals surface area contributed by atoms with E-state index in [1.807, 2.05) is 30.3 Å². The number of rotatable bonds is 5. The van der Waals surface area contributed by atoms with Crippen LogP contribution in [0.5, 0.6) is 0 Å². The molecule has 12 heteroatoms. The highest BCUT2D eigenvalue weighted by Crippen LogP contribution is 2.21. The largest absolute Gasteiger partial charge is 0.443 e. The SMILES string of the molecule is CC(C)(C)OC(=O)N=C(N(CC(=O)c1ccc(Br)cc1)C(=O)OC(C)(C)C)N1CCCN1C(=O)OCc1ccccc1. The van der Waals surface area contributed by atoms with Gasteiger partial charge >= 0.3 is 18.3 Å². The van der Waals surface area contributed by atoms with Gasteiger partial charge in [-0.1, -0.05) is 58.4 Å². The molecule has 0 spiro atoms. The van der Waals surface area contributed by atoms with Crippen LogP contribution in [0.3, 0.4) is 0 Å². The summed E-state index contributed by atoms with van der Waals surface area (Å²) in [6.45, 7) is 9.96. The molecule has 0 N–H and O–H groups in total. The predicted octanol–water partition coefficient (Wildman–Crippen LogP) is 6.42. The Hall–Kier alpha value is -3.93. The minimum Gasteiger partial charge on any atom is -0.443 e. The summed E-state index contributed by atoms with van der Waals surface area (Å²) in [6.07, 6.45) is -2.17. The summed E-state index contributed by atoms with van der Waals surface area (Å²) >= 11 is 3.35. The number of Topliss-reactive ketones (excluding diaryl/α,β-unsaturated/α-hetero) is 1. The van der Waals surface area contributed by atoms with Crippen molar-refractivity contribution < 1.29 is 33.4 Å². The molecular weight excluding hydrogens is 608 g/mol. The molecule has 2 aromatic rings. The number of carbonyl (C=O) groups excluding carboxylic acids is 4. The van der Waals surface area contributed by atoms with Crippen LogP contribution in [-0.2, 0) is 20.8 Å². The lowest BCUT2D eigenvalue weighted by atomic mass is 10.1. The lowest BCUT2D eigenvalue weighted by Gasteiger charge is -2.35. The molecule has 1 saturated heterocycles. The maximum absolute atomic E-state index is 13.6. The Morgan fingerprint density at radius 2 is 1.45 bits per heavy atom. The molecule has 1 heterocycles. The van der Waals surface area contributed by atoms with Crippen LogP contribution in [0.4, 0.5) is 14.4 Å². The topological polar surface area (TPSA) is 118 Å². The van der Waals surface area contributed by atoms with Gasteiger partial charge < -0.3 is 14.2 Å². The monoisotopic (exact) mass is 644 g/mol. The minimum absolute atomic E-state index is 0.0143. The normalized spacial score (nSPS) is 13.9. The summed E-state index contributed by atoms with van der Waals surface area (Å²) in [5, 5.41) is 2.59.